The van der Waals surface area contributed by atoms with Crippen molar-refractivity contribution in [3.8, 4) is 11.1 Å². The third kappa shape index (κ3) is 1.99. The van der Waals surface area contributed by atoms with Crippen LogP contribution in [0.25, 0.3) is 11.1 Å². The maximum atomic E-state index is 5.68. The van der Waals surface area contributed by atoms with Gasteiger partial charge in [0.05, 0.1) is 0 Å². The summed E-state index contributed by atoms with van der Waals surface area (Å²) in [5.41, 5.74) is 9.40. The van der Waals surface area contributed by atoms with Crippen LogP contribution in [-0.4, -0.2) is 4.98 Å². The van der Waals surface area contributed by atoms with Gasteiger partial charge in [-0.05, 0) is 35.2 Å². The molecule has 0 unspecified atom stereocenters. The Kier molecular flexibility index (Phi) is 2.68. The lowest BCUT2D eigenvalue weighted by atomic mass is 9.99. The van der Waals surface area contributed by atoms with Crippen molar-refractivity contribution in [1.29, 1.82) is 0 Å². The number of anilines is 1. The molecule has 0 saturated heterocycles. The predicted molar refractivity (Wildman–Crippen MR) is 63.5 cm³/mol. The highest BCUT2D eigenvalue weighted by atomic mass is 14.8. The van der Waals surface area contributed by atoms with E-state index < -0.39 is 0 Å². The molecule has 2 heteroatoms. The van der Waals surface area contributed by atoms with Gasteiger partial charge < -0.3 is 5.73 Å². The molecule has 1 aromatic carbocycles. The molecule has 2 aromatic rings. The van der Waals surface area contributed by atoms with Crippen LogP contribution in [0.15, 0.2) is 42.6 Å². The molecule has 0 fully saturated rings. The predicted octanol–water partition coefficient (Wildman–Crippen LogP) is 2.89. The van der Waals surface area contributed by atoms with E-state index in [0.29, 0.717) is 5.82 Å². The fourth-order valence-electron chi connectivity index (χ4n) is 1.73. The van der Waals surface area contributed by atoms with Crippen LogP contribution in [0.3, 0.4) is 0 Å². The van der Waals surface area contributed by atoms with Crippen LogP contribution in [0.5, 0.6) is 0 Å². The van der Waals surface area contributed by atoms with E-state index in [4.69, 9.17) is 5.73 Å². The van der Waals surface area contributed by atoms with E-state index in [0.717, 1.165) is 12.0 Å². The van der Waals surface area contributed by atoms with Gasteiger partial charge in [0.15, 0.2) is 0 Å². The molecule has 1 aromatic heterocycles. The number of hydrogen-bond donors (Lipinski definition) is 1. The van der Waals surface area contributed by atoms with Crippen LogP contribution in [0.2, 0.25) is 0 Å². The number of nitrogen functional groups attached to an aromatic ring is 1. The first-order chi connectivity index (χ1) is 7.31. The normalized spacial score (nSPS) is 10.2. The third-order valence-electron chi connectivity index (χ3n) is 2.49. The molecule has 0 aliphatic heterocycles. The molecule has 15 heavy (non-hydrogen) atoms. The van der Waals surface area contributed by atoms with Crippen molar-refractivity contribution in [3.05, 3.63) is 48.2 Å². The molecular formula is C13H14N2. The van der Waals surface area contributed by atoms with E-state index in [1.54, 1.807) is 6.20 Å². The molecule has 0 radical (unpaired) electrons. The summed E-state index contributed by atoms with van der Waals surface area (Å²) in [7, 11) is 0. The average Bonchev–Trinajstić information content (AvgIpc) is 2.29. The molecule has 0 atom stereocenters. The summed E-state index contributed by atoms with van der Waals surface area (Å²) in [5, 5.41) is 0. The van der Waals surface area contributed by atoms with Crippen LogP contribution < -0.4 is 5.73 Å². The van der Waals surface area contributed by atoms with Crippen molar-refractivity contribution in [3.63, 3.8) is 0 Å². The molecule has 0 amide bonds. The zero-order valence-electron chi connectivity index (χ0n) is 8.77. The minimum atomic E-state index is 0.568. The van der Waals surface area contributed by atoms with E-state index in [1.165, 1.54) is 11.1 Å². The van der Waals surface area contributed by atoms with Gasteiger partial charge in [-0.3, -0.25) is 0 Å². The monoisotopic (exact) mass is 198 g/mol. The Morgan fingerprint density at radius 1 is 1.20 bits per heavy atom. The Balaban J connectivity index is 2.53. The number of nitrogens with two attached hydrogens (primary N) is 1. The van der Waals surface area contributed by atoms with E-state index >= 15 is 0 Å². The van der Waals surface area contributed by atoms with Gasteiger partial charge in [-0.1, -0.05) is 31.2 Å². The first-order valence-electron chi connectivity index (χ1n) is 5.11. The summed E-state index contributed by atoms with van der Waals surface area (Å²) in [6.07, 6.45) is 2.77. The average molecular weight is 198 g/mol. The summed E-state index contributed by atoms with van der Waals surface area (Å²) >= 11 is 0. The van der Waals surface area contributed by atoms with Gasteiger partial charge in [0, 0.05) is 6.20 Å². The number of hydrogen-bond acceptors (Lipinski definition) is 2. The van der Waals surface area contributed by atoms with Crippen LogP contribution in [0.4, 0.5) is 5.82 Å². The molecule has 0 aliphatic rings. The lowest BCUT2D eigenvalue weighted by Gasteiger charge is -2.07. The molecule has 1 heterocycles. The Morgan fingerprint density at radius 3 is 2.73 bits per heavy atom. The van der Waals surface area contributed by atoms with Gasteiger partial charge >= 0.3 is 0 Å². The highest BCUT2D eigenvalue weighted by molar-refractivity contribution is 5.69. The molecular weight excluding hydrogens is 184 g/mol. The number of benzene rings is 1. The van der Waals surface area contributed by atoms with Crippen LogP contribution in [0, 0.1) is 0 Å². The van der Waals surface area contributed by atoms with Crippen LogP contribution >= 0.6 is 0 Å². The second-order valence-electron chi connectivity index (χ2n) is 3.48. The summed E-state index contributed by atoms with van der Waals surface area (Å²) in [6.45, 7) is 2.16. The number of pyridine rings is 1. The third-order valence-corrected chi connectivity index (χ3v) is 2.49. The summed E-state index contributed by atoms with van der Waals surface area (Å²) in [6, 6.07) is 12.3. The Hall–Kier alpha value is -1.83. The maximum absolute atomic E-state index is 5.68. The second-order valence-corrected chi connectivity index (χ2v) is 3.48. The Labute approximate surface area is 89.8 Å². The van der Waals surface area contributed by atoms with E-state index in [1.807, 2.05) is 18.2 Å². The molecule has 2 rings (SSSR count). The highest BCUT2D eigenvalue weighted by Gasteiger charge is 2.02. The van der Waals surface area contributed by atoms with Crippen LogP contribution in [-0.2, 0) is 6.42 Å². The fraction of sp³-hybridized carbons (Fsp3) is 0.154. The van der Waals surface area contributed by atoms with Crippen molar-refractivity contribution in [2.24, 2.45) is 0 Å². The first kappa shape index (κ1) is 9.71. The van der Waals surface area contributed by atoms with Gasteiger partial charge in [-0.15, -0.1) is 0 Å². The topological polar surface area (TPSA) is 38.9 Å². The van der Waals surface area contributed by atoms with Crippen molar-refractivity contribution in [2.75, 3.05) is 5.73 Å². The quantitative estimate of drug-likeness (QED) is 0.805. The molecule has 0 aliphatic carbocycles. The minimum absolute atomic E-state index is 0.568. The second kappa shape index (κ2) is 4.13. The van der Waals surface area contributed by atoms with Gasteiger partial charge in [0.25, 0.3) is 0 Å². The Morgan fingerprint density at radius 2 is 2.00 bits per heavy atom. The molecule has 76 valence electrons. The van der Waals surface area contributed by atoms with E-state index in [2.05, 4.69) is 30.1 Å². The van der Waals surface area contributed by atoms with Crippen molar-refractivity contribution < 1.29 is 0 Å². The highest BCUT2D eigenvalue weighted by Crippen LogP contribution is 2.24. The lowest BCUT2D eigenvalue weighted by molar-refractivity contribution is 1.14. The SMILES string of the molecule is CCc1ccccc1-c1ccnc(N)c1. The number of aromatic nitrogens is 1. The van der Waals surface area contributed by atoms with E-state index in [-0.39, 0.29) is 0 Å². The summed E-state index contributed by atoms with van der Waals surface area (Å²) in [4.78, 5) is 4.00. The largest absolute Gasteiger partial charge is 0.384 e. The molecule has 2 N–H and O–H groups in total. The standard InChI is InChI=1S/C13H14N2/c1-2-10-5-3-4-6-12(10)11-7-8-15-13(14)9-11/h3-9H,2H2,1H3,(H2,14,15). The number of aryl methyl sites for hydroxylation is 1. The van der Waals surface area contributed by atoms with Gasteiger partial charge in [-0.25, -0.2) is 4.98 Å². The van der Waals surface area contributed by atoms with Crippen LogP contribution in [0.1, 0.15) is 12.5 Å². The minimum Gasteiger partial charge on any atom is -0.384 e. The molecule has 0 bridgehead atoms. The molecule has 0 saturated carbocycles. The van der Waals surface area contributed by atoms with Gasteiger partial charge in [0.1, 0.15) is 5.82 Å². The first-order valence-corrected chi connectivity index (χ1v) is 5.11. The smallest absolute Gasteiger partial charge is 0.123 e. The number of rotatable bonds is 2. The molecule has 0 spiro atoms. The van der Waals surface area contributed by atoms with Crippen molar-refractivity contribution >= 4 is 5.82 Å². The number of nitrogens with zero attached hydrogens (tertiary/aromatic N) is 1. The zero-order chi connectivity index (χ0) is 10.7. The van der Waals surface area contributed by atoms with Crippen molar-refractivity contribution in [1.82, 2.24) is 4.98 Å². The van der Waals surface area contributed by atoms with Crippen molar-refractivity contribution in [2.45, 2.75) is 13.3 Å². The van der Waals surface area contributed by atoms with E-state index in [9.17, 15) is 0 Å². The zero-order valence-corrected chi connectivity index (χ0v) is 8.77. The summed E-state index contributed by atoms with van der Waals surface area (Å²) < 4.78 is 0. The lowest BCUT2D eigenvalue weighted by Crippen LogP contribution is -1.91. The fourth-order valence-corrected chi connectivity index (χ4v) is 1.73. The molecule has 2 nitrogen and oxygen atoms in total. The summed E-state index contributed by atoms with van der Waals surface area (Å²) in [5.74, 6) is 0.568. The Bertz CT molecular complexity index is 464. The van der Waals surface area contributed by atoms with Gasteiger partial charge in [-0.2, -0.15) is 0 Å². The maximum Gasteiger partial charge on any atom is 0.123 e. The van der Waals surface area contributed by atoms with Gasteiger partial charge in [0.2, 0.25) is 0 Å².